The lowest BCUT2D eigenvalue weighted by Crippen LogP contribution is -1.94. The zero-order valence-corrected chi connectivity index (χ0v) is 26.6. The number of hydrogen-bond acceptors (Lipinski definition) is 4. The summed E-state index contributed by atoms with van der Waals surface area (Å²) in [5, 5.41) is 7.64. The van der Waals surface area contributed by atoms with Gasteiger partial charge in [-0.25, -0.2) is 0 Å². The predicted molar refractivity (Wildman–Crippen MR) is 198 cm³/mol. The van der Waals surface area contributed by atoms with Crippen molar-refractivity contribution in [2.45, 2.75) is 13.8 Å². The van der Waals surface area contributed by atoms with Gasteiger partial charge in [-0.2, -0.15) is 0 Å². The van der Waals surface area contributed by atoms with Crippen LogP contribution in [0.4, 0.5) is 0 Å². The van der Waals surface area contributed by atoms with Crippen LogP contribution in [0.5, 0.6) is 0 Å². The Hall–Kier alpha value is -6.26. The van der Waals surface area contributed by atoms with E-state index in [-0.39, 0.29) is 0 Å². The minimum atomic E-state index is 0.920. The summed E-state index contributed by atoms with van der Waals surface area (Å²) in [7, 11) is 0. The van der Waals surface area contributed by atoms with E-state index in [4.69, 9.17) is 9.97 Å². The number of benzene rings is 5. The molecule has 4 nitrogen and oxygen atoms in total. The van der Waals surface area contributed by atoms with Gasteiger partial charge in [0.15, 0.2) is 0 Å². The van der Waals surface area contributed by atoms with Crippen molar-refractivity contribution in [3.05, 3.63) is 158 Å². The van der Waals surface area contributed by atoms with E-state index in [2.05, 4.69) is 109 Å². The zero-order valence-electron chi connectivity index (χ0n) is 26.6. The molecule has 9 rings (SSSR count). The van der Waals surface area contributed by atoms with Gasteiger partial charge in [-0.3, -0.25) is 19.9 Å². The molecule has 0 saturated carbocycles. The van der Waals surface area contributed by atoms with E-state index in [9.17, 15) is 0 Å². The summed E-state index contributed by atoms with van der Waals surface area (Å²) < 4.78 is 0. The van der Waals surface area contributed by atoms with Gasteiger partial charge in [-0.15, -0.1) is 0 Å². The first-order valence-electron chi connectivity index (χ1n) is 16.2. The molecular weight excluding hydrogens is 585 g/mol. The highest BCUT2D eigenvalue weighted by molar-refractivity contribution is 6.28. The van der Waals surface area contributed by atoms with Crippen LogP contribution in [0, 0.1) is 13.8 Å². The standard InChI is InChI=1S/C44H30N4/c1-27-21-30(32-11-17-40(47-25-32)34-5-3-19-45-23-34)9-13-36(27)42-28(2)22-31-10-15-38-37(14-7-29-8-16-39(42)44(31)43(29)38)33-12-18-41(48-26-33)35-6-4-20-46-24-35/h3-26H,1-2H3. The van der Waals surface area contributed by atoms with Crippen molar-refractivity contribution in [1.82, 2.24) is 19.9 Å². The van der Waals surface area contributed by atoms with E-state index in [0.717, 1.165) is 39.2 Å². The summed E-state index contributed by atoms with van der Waals surface area (Å²) in [6.45, 7) is 4.45. The number of nitrogens with zero attached hydrogens (tertiary/aromatic N) is 4. The van der Waals surface area contributed by atoms with Gasteiger partial charge in [0.2, 0.25) is 0 Å². The van der Waals surface area contributed by atoms with Crippen molar-refractivity contribution in [3.63, 3.8) is 0 Å². The summed E-state index contributed by atoms with van der Waals surface area (Å²) in [6.07, 6.45) is 11.2. The molecule has 4 heteroatoms. The third kappa shape index (κ3) is 4.61. The molecule has 0 fully saturated rings. The molecule has 0 bridgehead atoms. The average Bonchev–Trinajstić information content (AvgIpc) is 3.15. The molecule has 5 aromatic carbocycles. The molecule has 0 saturated heterocycles. The SMILES string of the molecule is Cc1cc(-c2ccc(-c3cccnc3)nc2)ccc1-c1c(C)cc2ccc3c(-c4ccc(-c5cccnc5)nc4)ccc4ccc1c2c43. The molecule has 0 amide bonds. The smallest absolute Gasteiger partial charge is 0.0717 e. The second kappa shape index (κ2) is 11.2. The van der Waals surface area contributed by atoms with Crippen molar-refractivity contribution in [2.24, 2.45) is 0 Å². The molecule has 0 radical (unpaired) electrons. The fourth-order valence-electron chi connectivity index (χ4n) is 7.24. The lowest BCUT2D eigenvalue weighted by Gasteiger charge is -2.19. The first-order chi connectivity index (χ1) is 23.6. The van der Waals surface area contributed by atoms with Gasteiger partial charge in [0.25, 0.3) is 0 Å². The third-order valence-corrected chi connectivity index (χ3v) is 9.56. The molecule has 0 aliphatic rings. The second-order valence-corrected chi connectivity index (χ2v) is 12.5. The molecular formula is C44H30N4. The molecule has 0 atom stereocenters. The number of aromatic nitrogens is 4. The number of hydrogen-bond donors (Lipinski definition) is 0. The number of pyridine rings is 4. The summed E-state index contributed by atoms with van der Waals surface area (Å²) in [4.78, 5) is 18.0. The van der Waals surface area contributed by atoms with Crippen LogP contribution in [0.1, 0.15) is 11.1 Å². The molecule has 226 valence electrons. The second-order valence-electron chi connectivity index (χ2n) is 12.5. The lowest BCUT2D eigenvalue weighted by atomic mass is 9.84. The van der Waals surface area contributed by atoms with Crippen LogP contribution in [-0.4, -0.2) is 19.9 Å². The van der Waals surface area contributed by atoms with Crippen LogP contribution in [0.15, 0.2) is 146 Å². The monoisotopic (exact) mass is 614 g/mol. The van der Waals surface area contributed by atoms with Crippen LogP contribution in [-0.2, 0) is 0 Å². The van der Waals surface area contributed by atoms with E-state index in [1.165, 1.54) is 60.1 Å². The van der Waals surface area contributed by atoms with Gasteiger partial charge in [0, 0.05) is 59.4 Å². The quantitative estimate of drug-likeness (QED) is 0.181. The van der Waals surface area contributed by atoms with Crippen molar-refractivity contribution in [1.29, 1.82) is 0 Å². The maximum Gasteiger partial charge on any atom is 0.0717 e. The van der Waals surface area contributed by atoms with Crippen molar-refractivity contribution >= 4 is 32.3 Å². The highest BCUT2D eigenvalue weighted by Gasteiger charge is 2.18. The summed E-state index contributed by atoms with van der Waals surface area (Å²) in [5.74, 6) is 0. The molecule has 48 heavy (non-hydrogen) atoms. The Bertz CT molecular complexity index is 2590. The summed E-state index contributed by atoms with van der Waals surface area (Å²) in [5.41, 5.74) is 13.5. The molecule has 0 unspecified atom stereocenters. The highest BCUT2D eigenvalue weighted by atomic mass is 14.7. The predicted octanol–water partition coefficient (Wildman–Crippen LogP) is 11.1. The van der Waals surface area contributed by atoms with E-state index in [1.54, 1.807) is 12.4 Å². The Morgan fingerprint density at radius 3 is 1.67 bits per heavy atom. The maximum atomic E-state index is 4.81. The molecule has 4 heterocycles. The first-order valence-corrected chi connectivity index (χ1v) is 16.2. The van der Waals surface area contributed by atoms with Gasteiger partial charge < -0.3 is 0 Å². The average molecular weight is 615 g/mol. The molecule has 4 aromatic heterocycles. The Morgan fingerprint density at radius 1 is 0.417 bits per heavy atom. The van der Waals surface area contributed by atoms with Crippen LogP contribution >= 0.6 is 0 Å². The Kier molecular flexibility index (Phi) is 6.54. The lowest BCUT2D eigenvalue weighted by molar-refractivity contribution is 1.28. The van der Waals surface area contributed by atoms with E-state index < -0.39 is 0 Å². The van der Waals surface area contributed by atoms with E-state index >= 15 is 0 Å². The zero-order chi connectivity index (χ0) is 32.2. The number of rotatable bonds is 5. The van der Waals surface area contributed by atoms with Crippen molar-refractivity contribution in [3.8, 4) is 55.9 Å². The molecule has 0 aliphatic carbocycles. The van der Waals surface area contributed by atoms with Gasteiger partial charge in [-0.05, 0) is 116 Å². The normalized spacial score (nSPS) is 11.5. The molecule has 0 N–H and O–H groups in total. The largest absolute Gasteiger partial charge is 0.264 e. The Balaban J connectivity index is 1.14. The minimum Gasteiger partial charge on any atom is -0.264 e. The van der Waals surface area contributed by atoms with E-state index in [0.29, 0.717) is 0 Å². The van der Waals surface area contributed by atoms with Crippen LogP contribution in [0.2, 0.25) is 0 Å². The van der Waals surface area contributed by atoms with Crippen molar-refractivity contribution < 1.29 is 0 Å². The Labute approximate surface area is 278 Å². The number of aryl methyl sites for hydroxylation is 2. The molecule has 0 aliphatic heterocycles. The van der Waals surface area contributed by atoms with Gasteiger partial charge >= 0.3 is 0 Å². The van der Waals surface area contributed by atoms with Gasteiger partial charge in [-0.1, -0.05) is 72.8 Å². The van der Waals surface area contributed by atoms with Crippen LogP contribution < -0.4 is 0 Å². The van der Waals surface area contributed by atoms with Crippen LogP contribution in [0.25, 0.3) is 88.2 Å². The fraction of sp³-hybridized carbons (Fsp3) is 0.0455. The summed E-state index contributed by atoms with van der Waals surface area (Å²) in [6, 6.07) is 39.2. The maximum absolute atomic E-state index is 4.81. The van der Waals surface area contributed by atoms with Crippen molar-refractivity contribution in [2.75, 3.05) is 0 Å². The minimum absolute atomic E-state index is 0.920. The fourth-order valence-corrected chi connectivity index (χ4v) is 7.24. The highest BCUT2D eigenvalue weighted by Crippen LogP contribution is 2.44. The molecule has 9 aromatic rings. The van der Waals surface area contributed by atoms with Crippen LogP contribution in [0.3, 0.4) is 0 Å². The Morgan fingerprint density at radius 2 is 1.02 bits per heavy atom. The first kappa shape index (κ1) is 28.0. The van der Waals surface area contributed by atoms with Gasteiger partial charge in [0.1, 0.15) is 0 Å². The third-order valence-electron chi connectivity index (χ3n) is 9.56. The molecule has 0 spiro atoms. The topological polar surface area (TPSA) is 51.6 Å². The van der Waals surface area contributed by atoms with Gasteiger partial charge in [0.05, 0.1) is 11.4 Å². The summed E-state index contributed by atoms with van der Waals surface area (Å²) >= 11 is 0. The van der Waals surface area contributed by atoms with E-state index in [1.807, 2.05) is 49.1 Å².